The first kappa shape index (κ1) is 19.3. The Morgan fingerprint density at radius 1 is 1.17 bits per heavy atom. The summed E-state index contributed by atoms with van der Waals surface area (Å²) in [5.41, 5.74) is 2.56. The summed E-state index contributed by atoms with van der Waals surface area (Å²) in [7, 11) is 0. The standard InChI is InChI=1S/C23H25N3O3/c1-15(2)17-7-9-19(10-8-17)26-21(27)12-20(23(26)29)25(22(28)18-5-6-18)14-16-4-3-11-24-13-16/h3-4,7-11,13,15,18,20H,5-6,12,14H2,1-2H3. The largest absolute Gasteiger partial charge is 0.325 e. The molecule has 3 amide bonds. The average molecular weight is 391 g/mol. The summed E-state index contributed by atoms with van der Waals surface area (Å²) in [6.07, 6.45) is 5.07. The first-order chi connectivity index (χ1) is 14.0. The van der Waals surface area contributed by atoms with Gasteiger partial charge < -0.3 is 4.90 Å². The molecule has 1 saturated heterocycles. The highest BCUT2D eigenvalue weighted by Gasteiger charge is 2.46. The van der Waals surface area contributed by atoms with Crippen LogP contribution in [0.4, 0.5) is 5.69 Å². The van der Waals surface area contributed by atoms with E-state index >= 15 is 0 Å². The van der Waals surface area contributed by atoms with Crippen LogP contribution in [0.25, 0.3) is 0 Å². The van der Waals surface area contributed by atoms with Crippen molar-refractivity contribution in [3.05, 3.63) is 59.9 Å². The zero-order valence-electron chi connectivity index (χ0n) is 16.7. The van der Waals surface area contributed by atoms with Gasteiger partial charge in [-0.05, 0) is 48.1 Å². The predicted octanol–water partition coefficient (Wildman–Crippen LogP) is 3.28. The van der Waals surface area contributed by atoms with Crippen molar-refractivity contribution in [1.82, 2.24) is 9.88 Å². The van der Waals surface area contributed by atoms with Gasteiger partial charge in [-0.3, -0.25) is 19.4 Å². The Hall–Kier alpha value is -3.02. The molecule has 1 saturated carbocycles. The maximum absolute atomic E-state index is 13.2. The minimum atomic E-state index is -0.763. The number of amides is 3. The fraction of sp³-hybridized carbons (Fsp3) is 0.391. The van der Waals surface area contributed by atoms with Gasteiger partial charge in [-0.1, -0.05) is 32.0 Å². The van der Waals surface area contributed by atoms with Gasteiger partial charge in [0.2, 0.25) is 11.8 Å². The lowest BCUT2D eigenvalue weighted by Gasteiger charge is -2.28. The number of pyridine rings is 1. The number of carbonyl (C=O) groups excluding carboxylic acids is 3. The van der Waals surface area contributed by atoms with Crippen molar-refractivity contribution in [2.45, 2.75) is 51.6 Å². The molecule has 2 aliphatic rings. The second kappa shape index (κ2) is 7.78. The van der Waals surface area contributed by atoms with Crippen LogP contribution >= 0.6 is 0 Å². The van der Waals surface area contributed by atoms with Crippen LogP contribution in [-0.4, -0.2) is 33.6 Å². The molecule has 0 radical (unpaired) electrons. The molecule has 1 aromatic heterocycles. The average Bonchev–Trinajstić information content (AvgIpc) is 3.52. The molecule has 0 bridgehead atoms. The third-order valence-corrected chi connectivity index (χ3v) is 5.60. The quantitative estimate of drug-likeness (QED) is 0.709. The van der Waals surface area contributed by atoms with Crippen LogP contribution in [0.3, 0.4) is 0 Å². The van der Waals surface area contributed by atoms with E-state index in [0.717, 1.165) is 24.0 Å². The van der Waals surface area contributed by atoms with E-state index in [1.54, 1.807) is 23.4 Å². The first-order valence-electron chi connectivity index (χ1n) is 10.1. The van der Waals surface area contributed by atoms with Gasteiger partial charge in [-0.15, -0.1) is 0 Å². The molecule has 1 aliphatic heterocycles. The number of hydrogen-bond acceptors (Lipinski definition) is 4. The Morgan fingerprint density at radius 3 is 2.48 bits per heavy atom. The number of nitrogens with zero attached hydrogens (tertiary/aromatic N) is 3. The molecule has 0 spiro atoms. The summed E-state index contributed by atoms with van der Waals surface area (Å²) in [6.45, 7) is 4.47. The van der Waals surface area contributed by atoms with Crippen LogP contribution in [0.15, 0.2) is 48.8 Å². The molecule has 2 fully saturated rings. The molecule has 0 N–H and O–H groups in total. The summed E-state index contributed by atoms with van der Waals surface area (Å²) in [5, 5.41) is 0. The van der Waals surface area contributed by atoms with Crippen molar-refractivity contribution < 1.29 is 14.4 Å². The molecule has 2 heterocycles. The lowest BCUT2D eigenvalue weighted by Crippen LogP contribution is -2.45. The third-order valence-electron chi connectivity index (χ3n) is 5.60. The molecule has 2 aromatic rings. The molecule has 6 nitrogen and oxygen atoms in total. The highest BCUT2D eigenvalue weighted by Crippen LogP contribution is 2.35. The summed E-state index contributed by atoms with van der Waals surface area (Å²) in [6, 6.07) is 10.4. The number of aromatic nitrogens is 1. The summed E-state index contributed by atoms with van der Waals surface area (Å²) in [4.78, 5) is 45.8. The van der Waals surface area contributed by atoms with Gasteiger partial charge >= 0.3 is 0 Å². The summed E-state index contributed by atoms with van der Waals surface area (Å²) in [5.74, 6) is -0.304. The lowest BCUT2D eigenvalue weighted by atomic mass is 10.0. The number of anilines is 1. The van der Waals surface area contributed by atoms with Crippen molar-refractivity contribution >= 4 is 23.4 Å². The Kier molecular flexibility index (Phi) is 5.18. The van der Waals surface area contributed by atoms with E-state index in [4.69, 9.17) is 0 Å². The molecule has 1 aromatic carbocycles. The molecule has 1 unspecified atom stereocenters. The number of rotatable bonds is 6. The maximum atomic E-state index is 13.2. The Morgan fingerprint density at radius 2 is 1.90 bits per heavy atom. The van der Waals surface area contributed by atoms with E-state index in [1.807, 2.05) is 30.3 Å². The highest BCUT2D eigenvalue weighted by molar-refractivity contribution is 6.23. The van der Waals surface area contributed by atoms with E-state index < -0.39 is 6.04 Å². The molecule has 6 heteroatoms. The Labute approximate surface area is 170 Å². The van der Waals surface area contributed by atoms with Gasteiger partial charge in [0.1, 0.15) is 6.04 Å². The molecular formula is C23H25N3O3. The zero-order chi connectivity index (χ0) is 20.5. The fourth-order valence-corrected chi connectivity index (χ4v) is 3.73. The molecule has 4 rings (SSSR count). The predicted molar refractivity (Wildman–Crippen MR) is 109 cm³/mol. The van der Waals surface area contributed by atoms with Crippen molar-refractivity contribution in [2.75, 3.05) is 4.90 Å². The lowest BCUT2D eigenvalue weighted by molar-refractivity contribution is -0.140. The van der Waals surface area contributed by atoms with Crippen molar-refractivity contribution in [1.29, 1.82) is 0 Å². The van der Waals surface area contributed by atoms with Crippen LogP contribution < -0.4 is 4.90 Å². The Balaban J connectivity index is 1.59. The molecular weight excluding hydrogens is 366 g/mol. The Bertz CT molecular complexity index is 920. The molecule has 1 aliphatic carbocycles. The number of hydrogen-bond donors (Lipinski definition) is 0. The van der Waals surface area contributed by atoms with Crippen LogP contribution in [-0.2, 0) is 20.9 Å². The van der Waals surface area contributed by atoms with E-state index in [1.165, 1.54) is 4.90 Å². The molecule has 150 valence electrons. The second-order valence-electron chi connectivity index (χ2n) is 8.14. The van der Waals surface area contributed by atoms with Crippen molar-refractivity contribution in [3.8, 4) is 0 Å². The number of imide groups is 1. The topological polar surface area (TPSA) is 70.6 Å². The smallest absolute Gasteiger partial charge is 0.257 e. The zero-order valence-corrected chi connectivity index (χ0v) is 16.7. The van der Waals surface area contributed by atoms with Gasteiger partial charge in [0.25, 0.3) is 5.91 Å². The van der Waals surface area contributed by atoms with E-state index in [-0.39, 0.29) is 36.6 Å². The summed E-state index contributed by atoms with van der Waals surface area (Å²) < 4.78 is 0. The fourth-order valence-electron chi connectivity index (χ4n) is 3.73. The monoisotopic (exact) mass is 391 g/mol. The van der Waals surface area contributed by atoms with Crippen LogP contribution in [0.1, 0.15) is 50.2 Å². The minimum Gasteiger partial charge on any atom is -0.325 e. The normalized spacial score (nSPS) is 19.1. The minimum absolute atomic E-state index is 0.0173. The van der Waals surface area contributed by atoms with Crippen LogP contribution in [0.2, 0.25) is 0 Å². The van der Waals surface area contributed by atoms with Crippen molar-refractivity contribution in [2.24, 2.45) is 5.92 Å². The third kappa shape index (κ3) is 3.92. The van der Waals surface area contributed by atoms with Crippen LogP contribution in [0.5, 0.6) is 0 Å². The van der Waals surface area contributed by atoms with Gasteiger partial charge in [-0.25, -0.2) is 4.90 Å². The van der Waals surface area contributed by atoms with Crippen molar-refractivity contribution in [3.63, 3.8) is 0 Å². The first-order valence-corrected chi connectivity index (χ1v) is 10.1. The van der Waals surface area contributed by atoms with Crippen LogP contribution in [0, 0.1) is 5.92 Å². The molecule has 29 heavy (non-hydrogen) atoms. The summed E-state index contributed by atoms with van der Waals surface area (Å²) >= 11 is 0. The van der Waals surface area contributed by atoms with E-state index in [0.29, 0.717) is 11.6 Å². The van der Waals surface area contributed by atoms with Gasteiger partial charge in [-0.2, -0.15) is 0 Å². The number of carbonyl (C=O) groups is 3. The van der Waals surface area contributed by atoms with Gasteiger partial charge in [0.05, 0.1) is 12.1 Å². The SMILES string of the molecule is CC(C)c1ccc(N2C(=O)CC(N(Cc3cccnc3)C(=O)C3CC3)C2=O)cc1. The second-order valence-corrected chi connectivity index (χ2v) is 8.14. The van der Waals surface area contributed by atoms with Gasteiger partial charge in [0.15, 0.2) is 0 Å². The molecule has 1 atom stereocenters. The van der Waals surface area contributed by atoms with Gasteiger partial charge in [0, 0.05) is 24.9 Å². The number of benzene rings is 1. The highest BCUT2D eigenvalue weighted by atomic mass is 16.2. The van der Waals surface area contributed by atoms with E-state index in [9.17, 15) is 14.4 Å². The van der Waals surface area contributed by atoms with E-state index in [2.05, 4.69) is 18.8 Å². The maximum Gasteiger partial charge on any atom is 0.257 e.